The van der Waals surface area contributed by atoms with E-state index in [9.17, 15) is 4.79 Å². The maximum absolute atomic E-state index is 12.2. The number of hydrogen-bond acceptors (Lipinski definition) is 7. The van der Waals surface area contributed by atoms with Crippen LogP contribution in [0.2, 0.25) is 0 Å². The van der Waals surface area contributed by atoms with Gasteiger partial charge in [0.1, 0.15) is 5.58 Å². The fourth-order valence-electron chi connectivity index (χ4n) is 2.64. The summed E-state index contributed by atoms with van der Waals surface area (Å²) >= 11 is 1.52. The molecule has 1 aromatic carbocycles. The molecule has 0 fully saturated rings. The number of benzene rings is 1. The molecule has 132 valence electrons. The van der Waals surface area contributed by atoms with E-state index in [0.29, 0.717) is 5.82 Å². The molecule has 3 heterocycles. The average Bonchev–Trinajstić information content (AvgIpc) is 3.35. The molecule has 0 radical (unpaired) electrons. The van der Waals surface area contributed by atoms with Crippen molar-refractivity contribution in [3.63, 3.8) is 0 Å². The number of aromatic nitrogens is 2. The van der Waals surface area contributed by atoms with Gasteiger partial charge in [-0.25, -0.2) is 0 Å². The number of aryl methyl sites for hydroxylation is 2. The number of furan rings is 1. The Bertz CT molecular complexity index is 1060. The molecule has 0 saturated carbocycles. The van der Waals surface area contributed by atoms with Crippen molar-refractivity contribution in [2.45, 2.75) is 26.9 Å². The van der Waals surface area contributed by atoms with E-state index in [1.807, 2.05) is 43.5 Å². The highest BCUT2D eigenvalue weighted by Gasteiger charge is 2.15. The number of hydrogen-bond donors (Lipinski definition) is 0. The monoisotopic (exact) mass is 368 g/mol. The largest absolute Gasteiger partial charge is 0.464 e. The fraction of sp³-hybridized carbons (Fsp3) is 0.211. The van der Waals surface area contributed by atoms with Crippen molar-refractivity contribution in [2.24, 2.45) is 0 Å². The van der Waals surface area contributed by atoms with Crippen LogP contribution < -0.4 is 0 Å². The molecule has 0 bridgehead atoms. The molecule has 0 saturated heterocycles. The van der Waals surface area contributed by atoms with Crippen molar-refractivity contribution in [1.29, 1.82) is 0 Å². The number of rotatable bonds is 5. The van der Waals surface area contributed by atoms with Gasteiger partial charge in [-0.05, 0) is 48.6 Å². The lowest BCUT2D eigenvalue weighted by Crippen LogP contribution is -2.08. The first-order valence-electron chi connectivity index (χ1n) is 8.09. The van der Waals surface area contributed by atoms with Crippen LogP contribution in [0.4, 0.5) is 0 Å². The molecule has 0 unspecified atom stereocenters. The predicted octanol–water partition coefficient (Wildman–Crippen LogP) is 4.45. The zero-order valence-electron chi connectivity index (χ0n) is 14.3. The Morgan fingerprint density at radius 3 is 2.92 bits per heavy atom. The van der Waals surface area contributed by atoms with Crippen LogP contribution in [0.3, 0.4) is 0 Å². The Labute approximate surface area is 153 Å². The molecule has 4 rings (SSSR count). The van der Waals surface area contributed by atoms with E-state index in [4.69, 9.17) is 13.7 Å². The Hall–Kier alpha value is -2.93. The number of nitrogens with zero attached hydrogens (tertiary/aromatic N) is 2. The third kappa shape index (κ3) is 3.25. The summed E-state index contributed by atoms with van der Waals surface area (Å²) in [5, 5.41) is 6.76. The topological polar surface area (TPSA) is 78.4 Å². The molecular weight excluding hydrogens is 352 g/mol. The first kappa shape index (κ1) is 16.5. The lowest BCUT2D eigenvalue weighted by Gasteiger charge is -2.02. The summed E-state index contributed by atoms with van der Waals surface area (Å²) < 4.78 is 15.9. The molecule has 0 amide bonds. The minimum Gasteiger partial charge on any atom is -0.464 e. The van der Waals surface area contributed by atoms with Crippen molar-refractivity contribution in [3.8, 4) is 10.7 Å². The van der Waals surface area contributed by atoms with Crippen molar-refractivity contribution in [3.05, 3.63) is 58.5 Å². The minimum absolute atomic E-state index is 0.0505. The van der Waals surface area contributed by atoms with E-state index in [1.54, 1.807) is 6.26 Å². The van der Waals surface area contributed by atoms with Crippen LogP contribution in [0.15, 0.2) is 44.8 Å². The van der Waals surface area contributed by atoms with Crippen molar-refractivity contribution >= 4 is 28.3 Å². The van der Waals surface area contributed by atoms with E-state index in [2.05, 4.69) is 10.1 Å². The Kier molecular flexibility index (Phi) is 4.30. The summed E-state index contributed by atoms with van der Waals surface area (Å²) in [6.45, 7) is 4.01. The number of carbonyl (C=O) groups excluding carboxylic acids is 1. The molecule has 26 heavy (non-hydrogen) atoms. The maximum atomic E-state index is 12.2. The van der Waals surface area contributed by atoms with Crippen LogP contribution in [0.1, 0.15) is 22.6 Å². The molecule has 0 spiro atoms. The SMILES string of the molecule is Cc1cc2occ(CC(=O)OCc3nc(-c4cccs4)no3)c2cc1C. The fourth-order valence-corrected chi connectivity index (χ4v) is 3.29. The van der Waals surface area contributed by atoms with E-state index in [-0.39, 0.29) is 24.9 Å². The van der Waals surface area contributed by atoms with Gasteiger partial charge in [0.15, 0.2) is 6.61 Å². The zero-order valence-corrected chi connectivity index (χ0v) is 15.1. The highest BCUT2D eigenvalue weighted by molar-refractivity contribution is 7.13. The lowest BCUT2D eigenvalue weighted by atomic mass is 10.0. The quantitative estimate of drug-likeness (QED) is 0.484. The van der Waals surface area contributed by atoms with E-state index >= 15 is 0 Å². The molecule has 7 heteroatoms. The molecule has 0 aliphatic heterocycles. The van der Waals surface area contributed by atoms with Gasteiger partial charge in [-0.2, -0.15) is 4.98 Å². The molecule has 3 aromatic heterocycles. The standard InChI is InChI=1S/C19H16N2O4S/c1-11-6-14-13(9-23-15(14)7-12(11)2)8-18(22)24-10-17-20-19(21-25-17)16-4-3-5-26-16/h3-7,9H,8,10H2,1-2H3. The summed E-state index contributed by atoms with van der Waals surface area (Å²) in [6, 6.07) is 7.82. The Morgan fingerprint density at radius 2 is 2.12 bits per heavy atom. The highest BCUT2D eigenvalue weighted by atomic mass is 32.1. The van der Waals surface area contributed by atoms with Crippen molar-refractivity contribution in [1.82, 2.24) is 10.1 Å². The molecule has 6 nitrogen and oxygen atoms in total. The molecule has 0 atom stereocenters. The second-order valence-electron chi connectivity index (χ2n) is 6.02. The zero-order chi connectivity index (χ0) is 18.1. The second-order valence-corrected chi connectivity index (χ2v) is 6.97. The van der Waals surface area contributed by atoms with Gasteiger partial charge in [-0.1, -0.05) is 11.2 Å². The van der Waals surface area contributed by atoms with E-state index < -0.39 is 0 Å². The number of ether oxygens (including phenoxy) is 1. The van der Waals surface area contributed by atoms with Crippen LogP contribution in [-0.2, 0) is 22.6 Å². The van der Waals surface area contributed by atoms with Gasteiger partial charge in [-0.15, -0.1) is 11.3 Å². The summed E-state index contributed by atoms with van der Waals surface area (Å²) in [4.78, 5) is 17.3. The van der Waals surface area contributed by atoms with Gasteiger partial charge in [-0.3, -0.25) is 4.79 Å². The van der Waals surface area contributed by atoms with Gasteiger partial charge in [0.05, 0.1) is 17.6 Å². The van der Waals surface area contributed by atoms with Crippen molar-refractivity contribution < 1.29 is 18.5 Å². The number of fused-ring (bicyclic) bond motifs is 1. The summed E-state index contributed by atoms with van der Waals surface area (Å²) in [7, 11) is 0. The first-order chi connectivity index (χ1) is 12.6. The van der Waals surface area contributed by atoms with Crippen molar-refractivity contribution in [2.75, 3.05) is 0 Å². The number of thiophene rings is 1. The van der Waals surface area contributed by atoms with Gasteiger partial charge in [0.2, 0.25) is 5.82 Å². The normalized spacial score (nSPS) is 11.2. The number of esters is 1. The lowest BCUT2D eigenvalue weighted by molar-refractivity contribution is -0.144. The summed E-state index contributed by atoms with van der Waals surface area (Å²) in [5.74, 6) is 0.393. The highest BCUT2D eigenvalue weighted by Crippen LogP contribution is 2.25. The van der Waals surface area contributed by atoms with Gasteiger partial charge >= 0.3 is 5.97 Å². The number of carbonyl (C=O) groups is 1. The van der Waals surface area contributed by atoms with Crippen LogP contribution >= 0.6 is 11.3 Å². The Balaban J connectivity index is 1.41. The molecule has 0 N–H and O–H groups in total. The average molecular weight is 368 g/mol. The molecular formula is C19H16N2O4S. The summed E-state index contributed by atoms with van der Waals surface area (Å²) in [6.07, 6.45) is 1.73. The summed E-state index contributed by atoms with van der Waals surface area (Å²) in [5.41, 5.74) is 3.88. The van der Waals surface area contributed by atoms with Crippen LogP contribution in [0.25, 0.3) is 21.7 Å². The first-order valence-corrected chi connectivity index (χ1v) is 8.97. The third-order valence-corrected chi connectivity index (χ3v) is 5.04. The molecule has 0 aliphatic carbocycles. The van der Waals surface area contributed by atoms with Gasteiger partial charge < -0.3 is 13.7 Å². The van der Waals surface area contributed by atoms with Crippen LogP contribution in [0, 0.1) is 13.8 Å². The van der Waals surface area contributed by atoms with Crippen LogP contribution in [0.5, 0.6) is 0 Å². The predicted molar refractivity (Wildman–Crippen MR) is 96.8 cm³/mol. The second kappa shape index (κ2) is 6.76. The Morgan fingerprint density at radius 1 is 1.27 bits per heavy atom. The third-order valence-electron chi connectivity index (χ3n) is 4.17. The molecule has 0 aliphatic rings. The van der Waals surface area contributed by atoms with E-state index in [0.717, 1.165) is 32.5 Å². The smallest absolute Gasteiger partial charge is 0.310 e. The molecule has 4 aromatic rings. The minimum atomic E-state index is -0.373. The van der Waals surface area contributed by atoms with Gasteiger partial charge in [0.25, 0.3) is 5.89 Å². The van der Waals surface area contributed by atoms with Crippen LogP contribution in [-0.4, -0.2) is 16.1 Å². The van der Waals surface area contributed by atoms with E-state index in [1.165, 1.54) is 11.3 Å². The maximum Gasteiger partial charge on any atom is 0.310 e. The van der Waals surface area contributed by atoms with Gasteiger partial charge in [0, 0.05) is 10.9 Å².